The van der Waals surface area contributed by atoms with Gasteiger partial charge in [-0.05, 0) is 5.41 Å². The summed E-state index contributed by atoms with van der Waals surface area (Å²) in [5.41, 5.74) is 6.09. The Labute approximate surface area is 74.5 Å². The van der Waals surface area contributed by atoms with Crippen molar-refractivity contribution < 1.29 is 4.79 Å². The Morgan fingerprint density at radius 1 is 1.83 bits per heavy atom. The maximum absolute atomic E-state index is 10.6. The third-order valence-electron chi connectivity index (χ3n) is 1.80. The van der Waals surface area contributed by atoms with Crippen molar-refractivity contribution in [1.29, 1.82) is 0 Å². The predicted molar refractivity (Wildman–Crippen MR) is 48.5 cm³/mol. The highest BCUT2D eigenvalue weighted by Crippen LogP contribution is 2.30. The molecular weight excluding hydrogens is 174 g/mol. The number of fused-ring (bicyclic) bond motifs is 1. The zero-order chi connectivity index (χ0) is 8.55. The molecule has 64 valence electrons. The monoisotopic (exact) mass is 183 g/mol. The van der Waals surface area contributed by atoms with Crippen molar-refractivity contribution in [1.82, 2.24) is 4.90 Å². The van der Waals surface area contributed by atoms with E-state index in [-0.39, 0.29) is 5.91 Å². The highest BCUT2D eigenvalue weighted by Gasteiger charge is 2.26. The van der Waals surface area contributed by atoms with Crippen LogP contribution in [0.5, 0.6) is 0 Å². The van der Waals surface area contributed by atoms with Crippen LogP contribution in [0.1, 0.15) is 6.42 Å². The molecule has 0 saturated carbocycles. The van der Waals surface area contributed by atoms with E-state index in [0.717, 1.165) is 24.0 Å². The lowest BCUT2D eigenvalue weighted by Gasteiger charge is -2.14. The molecule has 0 atom stereocenters. The number of primary amides is 1. The van der Waals surface area contributed by atoms with Gasteiger partial charge in [0.25, 0.3) is 0 Å². The van der Waals surface area contributed by atoms with Gasteiger partial charge in [-0.1, -0.05) is 11.8 Å². The van der Waals surface area contributed by atoms with Crippen molar-refractivity contribution in [2.75, 3.05) is 13.1 Å². The Morgan fingerprint density at radius 3 is 3.42 bits per heavy atom. The van der Waals surface area contributed by atoms with Crippen LogP contribution in [-0.2, 0) is 4.79 Å². The first-order valence-corrected chi connectivity index (χ1v) is 4.61. The van der Waals surface area contributed by atoms with Crippen LogP contribution in [0.15, 0.2) is 16.1 Å². The van der Waals surface area contributed by atoms with Crippen molar-refractivity contribution >= 4 is 22.8 Å². The van der Waals surface area contributed by atoms with Gasteiger partial charge >= 0.3 is 0 Å². The highest BCUT2D eigenvalue weighted by molar-refractivity contribution is 8.16. The van der Waals surface area contributed by atoms with E-state index in [9.17, 15) is 4.79 Å². The van der Waals surface area contributed by atoms with Crippen molar-refractivity contribution in [3.63, 3.8) is 0 Å². The summed E-state index contributed by atoms with van der Waals surface area (Å²) in [6.45, 7) is 1.72. The van der Waals surface area contributed by atoms with Gasteiger partial charge in [-0.2, -0.15) is 0 Å². The second kappa shape index (κ2) is 2.82. The number of hydrogen-bond acceptors (Lipinski definition) is 4. The summed E-state index contributed by atoms with van der Waals surface area (Å²) >= 11 is 1.57. The molecule has 4 nitrogen and oxygen atoms in total. The Balaban J connectivity index is 2.09. The summed E-state index contributed by atoms with van der Waals surface area (Å²) < 4.78 is 0. The topological polar surface area (TPSA) is 58.7 Å². The molecule has 2 N–H and O–H groups in total. The molecule has 0 bridgehead atoms. The summed E-state index contributed by atoms with van der Waals surface area (Å²) in [4.78, 5) is 17.0. The number of thioether (sulfide) groups is 1. The van der Waals surface area contributed by atoms with Gasteiger partial charge in [-0.25, -0.2) is 0 Å². The molecule has 0 radical (unpaired) electrons. The maximum Gasteiger partial charge on any atom is 0.223 e. The number of hydrogen-bond donors (Lipinski definition) is 1. The number of amidine groups is 1. The molecule has 1 amide bonds. The lowest BCUT2D eigenvalue weighted by Crippen LogP contribution is -2.24. The fourth-order valence-corrected chi connectivity index (χ4v) is 2.25. The fourth-order valence-electron chi connectivity index (χ4n) is 1.29. The lowest BCUT2D eigenvalue weighted by molar-refractivity contribution is -0.117. The average molecular weight is 183 g/mol. The van der Waals surface area contributed by atoms with Gasteiger partial charge in [0.05, 0.1) is 13.0 Å². The van der Waals surface area contributed by atoms with Crippen LogP contribution in [0, 0.1) is 0 Å². The first-order valence-electron chi connectivity index (χ1n) is 3.73. The molecule has 2 heterocycles. The number of nitrogens with zero attached hydrogens (tertiary/aromatic N) is 2. The number of carbonyl (C=O) groups excluding carboxylic acids is 1. The molecule has 0 aliphatic carbocycles. The Morgan fingerprint density at radius 2 is 2.67 bits per heavy atom. The van der Waals surface area contributed by atoms with Gasteiger partial charge in [0.2, 0.25) is 5.91 Å². The maximum atomic E-state index is 10.6. The minimum atomic E-state index is -0.282. The molecule has 0 aromatic heterocycles. The van der Waals surface area contributed by atoms with Gasteiger partial charge in [0, 0.05) is 12.2 Å². The molecule has 5 heteroatoms. The minimum Gasteiger partial charge on any atom is -0.369 e. The third kappa shape index (κ3) is 1.20. The van der Waals surface area contributed by atoms with Crippen LogP contribution < -0.4 is 5.73 Å². The lowest BCUT2D eigenvalue weighted by atomic mass is 10.3. The van der Waals surface area contributed by atoms with Gasteiger partial charge in [0.1, 0.15) is 0 Å². The SMILES string of the molecule is NC(=O)CC1=CSC2=NCCN12. The van der Waals surface area contributed by atoms with Gasteiger partial charge in [-0.3, -0.25) is 9.79 Å². The van der Waals surface area contributed by atoms with E-state index in [0.29, 0.717) is 6.42 Å². The van der Waals surface area contributed by atoms with Crippen LogP contribution >= 0.6 is 11.8 Å². The highest BCUT2D eigenvalue weighted by atomic mass is 32.2. The molecule has 0 saturated heterocycles. The second-order valence-corrected chi connectivity index (χ2v) is 3.52. The average Bonchev–Trinajstić information content (AvgIpc) is 2.52. The van der Waals surface area contributed by atoms with Crippen molar-refractivity contribution in [2.24, 2.45) is 10.7 Å². The van der Waals surface area contributed by atoms with Crippen LogP contribution in [-0.4, -0.2) is 29.1 Å². The van der Waals surface area contributed by atoms with Crippen molar-refractivity contribution in [2.45, 2.75) is 6.42 Å². The molecule has 0 aromatic carbocycles. The first kappa shape index (κ1) is 7.67. The summed E-state index contributed by atoms with van der Waals surface area (Å²) in [5.74, 6) is -0.282. The number of carbonyl (C=O) groups is 1. The van der Waals surface area contributed by atoms with Gasteiger partial charge in [0.15, 0.2) is 5.17 Å². The van der Waals surface area contributed by atoms with E-state index in [1.807, 2.05) is 5.41 Å². The fraction of sp³-hybridized carbons (Fsp3) is 0.429. The molecule has 0 spiro atoms. The molecule has 0 fully saturated rings. The Bertz CT molecular complexity index is 284. The van der Waals surface area contributed by atoms with Gasteiger partial charge < -0.3 is 10.6 Å². The molecule has 0 aromatic rings. The van der Waals surface area contributed by atoms with Crippen LogP contribution in [0.2, 0.25) is 0 Å². The third-order valence-corrected chi connectivity index (χ3v) is 2.75. The zero-order valence-electron chi connectivity index (χ0n) is 6.49. The molecule has 2 aliphatic heterocycles. The van der Waals surface area contributed by atoms with E-state index in [1.54, 1.807) is 11.8 Å². The Hall–Kier alpha value is -0.970. The van der Waals surface area contributed by atoms with E-state index in [4.69, 9.17) is 5.73 Å². The summed E-state index contributed by atoms with van der Waals surface area (Å²) in [7, 11) is 0. The normalized spacial score (nSPS) is 20.5. The molecule has 2 rings (SSSR count). The van der Waals surface area contributed by atoms with E-state index < -0.39 is 0 Å². The Kier molecular flexibility index (Phi) is 1.80. The van der Waals surface area contributed by atoms with E-state index in [1.165, 1.54) is 0 Å². The molecule has 12 heavy (non-hydrogen) atoms. The number of nitrogens with two attached hydrogens (primary N) is 1. The van der Waals surface area contributed by atoms with E-state index in [2.05, 4.69) is 9.89 Å². The first-order chi connectivity index (χ1) is 5.77. The van der Waals surface area contributed by atoms with Crippen LogP contribution in [0.25, 0.3) is 0 Å². The van der Waals surface area contributed by atoms with Crippen molar-refractivity contribution in [3.8, 4) is 0 Å². The second-order valence-electron chi connectivity index (χ2n) is 2.69. The quantitative estimate of drug-likeness (QED) is 0.661. The molecule has 2 aliphatic rings. The van der Waals surface area contributed by atoms with Crippen LogP contribution in [0.4, 0.5) is 0 Å². The summed E-state index contributed by atoms with van der Waals surface area (Å²) in [5, 5.41) is 2.95. The van der Waals surface area contributed by atoms with E-state index >= 15 is 0 Å². The van der Waals surface area contributed by atoms with Crippen molar-refractivity contribution in [3.05, 3.63) is 11.1 Å². The van der Waals surface area contributed by atoms with Crippen LogP contribution in [0.3, 0.4) is 0 Å². The standard InChI is InChI=1S/C7H9N3OS/c8-6(11)3-5-4-12-7-9-1-2-10(5)7/h4H,1-3H2,(H2,8,11). The minimum absolute atomic E-state index is 0.282. The van der Waals surface area contributed by atoms with Gasteiger partial charge in [-0.15, -0.1) is 0 Å². The smallest absolute Gasteiger partial charge is 0.223 e. The molecular formula is C7H9N3OS. The predicted octanol–water partition coefficient (Wildman–Crippen LogP) is 0.122. The number of rotatable bonds is 2. The number of amides is 1. The summed E-state index contributed by atoms with van der Waals surface area (Å²) in [6, 6.07) is 0. The summed E-state index contributed by atoms with van der Waals surface area (Å²) in [6.07, 6.45) is 0.325. The molecule has 0 unspecified atom stereocenters. The largest absolute Gasteiger partial charge is 0.369 e. The number of aliphatic imine (C=N–C) groups is 1. The zero-order valence-corrected chi connectivity index (χ0v) is 7.30.